The summed E-state index contributed by atoms with van der Waals surface area (Å²) in [5.74, 6) is -11.9. The van der Waals surface area contributed by atoms with Gasteiger partial charge in [0.2, 0.25) is 5.85 Å². The molecule has 0 radical (unpaired) electrons. The summed E-state index contributed by atoms with van der Waals surface area (Å²) in [6.45, 7) is 3.46. The zero-order valence-corrected chi connectivity index (χ0v) is 49.9. The first kappa shape index (κ1) is 77.2. The quantitative estimate of drug-likeness (QED) is 0.0377. The summed E-state index contributed by atoms with van der Waals surface area (Å²) in [5, 5.41) is 76.4. The van der Waals surface area contributed by atoms with Crippen LogP contribution in [0.1, 0.15) is 48.5 Å². The van der Waals surface area contributed by atoms with E-state index in [0.717, 1.165) is 27.7 Å². The van der Waals surface area contributed by atoms with Crippen LogP contribution in [-0.2, 0) is 81.9 Å². The van der Waals surface area contributed by atoms with Crippen LogP contribution in [0.25, 0.3) is 0 Å². The smallest absolute Gasteiger partial charge is 0.490 e. The topological polar surface area (TPSA) is 605 Å². The van der Waals surface area contributed by atoms with Gasteiger partial charge in [-0.1, -0.05) is 6.92 Å². The van der Waals surface area contributed by atoms with Crippen molar-refractivity contribution in [2.24, 2.45) is 0 Å². The summed E-state index contributed by atoms with van der Waals surface area (Å²) in [6, 6.07) is 0. The third-order valence-electron chi connectivity index (χ3n) is 10.3. The van der Waals surface area contributed by atoms with Gasteiger partial charge in [-0.15, -0.1) is 0 Å². The minimum absolute atomic E-state index is 0. The van der Waals surface area contributed by atoms with Crippen molar-refractivity contribution in [3.63, 3.8) is 0 Å². The second-order valence-corrected chi connectivity index (χ2v) is 26.6. The summed E-state index contributed by atoms with van der Waals surface area (Å²) < 4.78 is 175. The van der Waals surface area contributed by atoms with Crippen molar-refractivity contribution in [2.75, 3.05) is 26.4 Å². The van der Waals surface area contributed by atoms with Crippen molar-refractivity contribution in [3.8, 4) is 0 Å². The van der Waals surface area contributed by atoms with Crippen LogP contribution < -0.4 is 0 Å². The molecular weight excluding hydrogens is 1450 g/mol. The van der Waals surface area contributed by atoms with E-state index in [0.29, 0.717) is 6.61 Å². The Labute approximate surface area is 448 Å². The summed E-state index contributed by atoms with van der Waals surface area (Å²) in [7, 11) is -37.2. The Morgan fingerprint density at radius 1 is 0.421 bits per heavy atom. The predicted octanol–water partition coefficient (Wildman–Crippen LogP) is -2.71. The number of phosphoric ester groups is 4. The molecule has 37 nitrogen and oxygen atoms in total. The molecule has 19 N–H and O–H groups in total. The Bertz CT molecular complexity index is 2300. The number of aliphatic hydroxyl groups is 8. The van der Waals surface area contributed by atoms with Gasteiger partial charge in [0.25, 0.3) is 17.6 Å². The average Bonchev–Trinajstić information content (AvgIpc) is 3.63. The minimum atomic E-state index is -5.75. The zero-order chi connectivity index (χ0) is 59.9. The van der Waals surface area contributed by atoms with Crippen molar-refractivity contribution in [2.45, 2.75) is 137 Å². The number of hydrogen-bond acceptors (Lipinski definition) is 26. The zero-order valence-electron chi connectivity index (χ0n) is 39.4. The van der Waals surface area contributed by atoms with E-state index < -0.39 is 170 Å². The first-order valence-corrected chi connectivity index (χ1v) is 30.1. The average molecular weight is 1500 g/mol. The van der Waals surface area contributed by atoms with Gasteiger partial charge in [-0.2, -0.15) is 19.5 Å². The van der Waals surface area contributed by atoms with Gasteiger partial charge in [-0.3, -0.25) is 18.1 Å². The van der Waals surface area contributed by atoms with Crippen molar-refractivity contribution < 1.29 is 225 Å². The van der Waals surface area contributed by atoms with Crippen molar-refractivity contribution in [1.82, 2.24) is 0 Å². The van der Waals surface area contributed by atoms with Gasteiger partial charge in [0, 0.05) is 31.1 Å². The first-order valence-electron chi connectivity index (χ1n) is 19.5. The molecule has 454 valence electrons. The number of phosphoric acid groups is 7. The van der Waals surface area contributed by atoms with Crippen molar-refractivity contribution in [1.29, 1.82) is 0 Å². The number of rotatable bonds is 18. The molecule has 0 aliphatic carbocycles. The molecule has 18 atom stereocenters. The second-order valence-electron chi connectivity index (χ2n) is 16.9. The molecule has 0 saturated carbocycles. The monoisotopic (exact) mass is 1500 g/mol. The first-order chi connectivity index (χ1) is 32.7. The molecule has 4 heterocycles. The molecule has 0 amide bonds. The Hall–Kier alpha value is 1.18. The van der Waals surface area contributed by atoms with E-state index in [4.69, 9.17) is 48.9 Å². The van der Waals surface area contributed by atoms with Gasteiger partial charge >= 0.3 is 54.8 Å². The normalized spacial score (nSPS) is 41.2. The van der Waals surface area contributed by atoms with Gasteiger partial charge in [-0.05, 0) is 47.1 Å². The molecular formula is C27H56F4O37P7U-. The number of alkyl halides is 4. The van der Waals surface area contributed by atoms with Crippen LogP contribution >= 0.6 is 54.8 Å². The van der Waals surface area contributed by atoms with Crippen LogP contribution in [0.3, 0.4) is 0 Å². The van der Waals surface area contributed by atoms with Crippen LogP contribution in [0, 0.1) is 37.7 Å². The van der Waals surface area contributed by atoms with Gasteiger partial charge in [0.1, 0.15) is 67.6 Å². The van der Waals surface area contributed by atoms with Gasteiger partial charge in [0.05, 0.1) is 18.3 Å². The molecule has 76 heavy (non-hydrogen) atoms. The van der Waals surface area contributed by atoms with E-state index >= 15 is 0 Å². The molecule has 0 aromatic heterocycles. The third-order valence-corrected chi connectivity index (χ3v) is 17.1. The Morgan fingerprint density at radius 2 is 0.671 bits per heavy atom. The van der Waals surface area contributed by atoms with E-state index in [1.165, 1.54) is 20.8 Å². The largest absolute Gasteiger partial charge is 0.517 e. The van der Waals surface area contributed by atoms with E-state index in [9.17, 15) is 95.3 Å². The fraction of sp³-hybridized carbons (Fsp3) is 0.963. The fourth-order valence-electron chi connectivity index (χ4n) is 5.79. The van der Waals surface area contributed by atoms with E-state index in [1.54, 1.807) is 0 Å². The molecule has 49 heteroatoms. The summed E-state index contributed by atoms with van der Waals surface area (Å²) in [5.41, 5.74) is -7.85. The van der Waals surface area contributed by atoms with Gasteiger partial charge < -0.3 is 114 Å². The third kappa shape index (κ3) is 22.6. The Balaban J connectivity index is 0.000000998. The molecule has 0 aromatic rings. The molecule has 4 fully saturated rings. The molecule has 4 saturated heterocycles. The maximum atomic E-state index is 14.4. The fourth-order valence-corrected chi connectivity index (χ4v) is 11.1. The SMILES string of the molecule is C[C@@H]1O[C@](F)(COP(=O)(O)O)[C@@H](O)[C@@]1(C)O.C[C@@H]1O[C@](F)(COP(=O)(O)OP(=O)(O)O)[C@@H](O)[C@@]1(C)O.C[C@@H]1O[C@](F)(COP(=O)(O)OP(=O)(O)OP(=O)(O)O)[C@@H](O)[C@@]1(C)O.C[C@]1(O)[CH-]O[C@](F)(COP(=O)(O)O)[C@H]1O.[U]. The molecule has 3 unspecified atom stereocenters. The molecule has 0 bridgehead atoms. The maximum absolute atomic E-state index is 14.4. The van der Waals surface area contributed by atoms with Crippen LogP contribution in [0.2, 0.25) is 0 Å². The van der Waals surface area contributed by atoms with Crippen LogP contribution in [0.5, 0.6) is 0 Å². The van der Waals surface area contributed by atoms with Crippen LogP contribution in [-0.4, -0.2) is 210 Å². The number of halogens is 4. The molecule has 0 aromatic carbocycles. The number of aliphatic hydroxyl groups excluding tert-OH is 4. The molecule has 0 spiro atoms. The van der Waals surface area contributed by atoms with Crippen molar-refractivity contribution in [3.05, 3.63) is 6.61 Å². The molecule has 4 aliphatic rings. The summed E-state index contributed by atoms with van der Waals surface area (Å²) >= 11 is 0. The van der Waals surface area contributed by atoms with E-state index in [2.05, 4.69) is 50.0 Å². The number of ether oxygens (including phenoxy) is 4. The van der Waals surface area contributed by atoms with Crippen LogP contribution in [0.15, 0.2) is 0 Å². The molecule has 4 rings (SSSR count). The standard InChI is InChI=1S/C7H16FO13P3.C7H15FO10P2.C7H14FO7P.C6H11FO7P.U/c1-4-6(2,10)5(9)7(8,19-4)3-18-23(14,15)21-24(16,17)20-22(11,12)13;1-4-6(2,10)5(9)7(8,17-4)3-16-20(14,15)18-19(11,12)13;1-4-6(2,10)5(9)7(8,15-4)3-14-16(11,12)13;1-5(9)2-13-6(7,4(5)8)3-14-15(10,11)12;/h4-5,9-10H,3H2,1-2H3,(H,14,15)(H,16,17)(H2,11,12,13);4-5,9-10H,3H2,1-2H3,(H,14,15)(H2,11,12,13);4-5,9-10H,3H2,1-2H3,(H2,11,12,13);2,4,8-9H,3H2,1H3,(H2,10,11,12);/q;;;-1;/t3*4-,5-,6-,7+;4-,5-,6+;/m0000./s1. The Morgan fingerprint density at radius 3 is 0.895 bits per heavy atom. The number of hydrogen-bond donors (Lipinski definition) is 19. The Kier molecular flexibility index (Phi) is 26.6. The van der Waals surface area contributed by atoms with E-state index in [-0.39, 0.29) is 31.1 Å². The van der Waals surface area contributed by atoms with Crippen LogP contribution in [0.4, 0.5) is 17.6 Å². The van der Waals surface area contributed by atoms with Crippen molar-refractivity contribution >= 4 is 54.8 Å². The predicted molar refractivity (Wildman–Crippen MR) is 224 cm³/mol. The summed E-state index contributed by atoms with van der Waals surface area (Å²) in [4.78, 5) is 93.9. The van der Waals surface area contributed by atoms with Gasteiger partial charge in [0.15, 0.2) is 0 Å². The van der Waals surface area contributed by atoms with Gasteiger partial charge in [-0.25, -0.2) is 49.5 Å². The molecule has 4 aliphatic heterocycles. The summed E-state index contributed by atoms with van der Waals surface area (Å²) in [6.07, 6.45) is -11.7. The minimum Gasteiger partial charge on any atom is -0.517 e. The second kappa shape index (κ2) is 26.2. The van der Waals surface area contributed by atoms with E-state index in [1.807, 2.05) is 0 Å². The maximum Gasteiger partial charge on any atom is 0.490 e.